The second kappa shape index (κ2) is 4.90. The lowest BCUT2D eigenvalue weighted by Gasteiger charge is -2.35. The first-order valence-electron chi connectivity index (χ1n) is 7.44. The number of aryl methyl sites for hydroxylation is 2. The van der Waals surface area contributed by atoms with E-state index in [1.165, 1.54) is 22.0 Å². The molecule has 1 aliphatic heterocycles. The number of hydrogen-bond donors (Lipinski definition) is 1. The predicted octanol–water partition coefficient (Wildman–Crippen LogP) is 2.83. The number of aliphatic hydroxyl groups is 1. The van der Waals surface area contributed by atoms with Gasteiger partial charge in [0.25, 0.3) is 0 Å². The van der Waals surface area contributed by atoms with Crippen LogP contribution in [0.15, 0.2) is 24.4 Å². The van der Waals surface area contributed by atoms with E-state index in [4.69, 9.17) is 0 Å². The Kier molecular flexibility index (Phi) is 3.35. The predicted molar refractivity (Wildman–Crippen MR) is 82.8 cm³/mol. The highest BCUT2D eigenvalue weighted by Crippen LogP contribution is 2.26. The van der Waals surface area contributed by atoms with E-state index in [0.717, 1.165) is 32.5 Å². The smallest absolute Gasteiger partial charge is 0.0644 e. The van der Waals surface area contributed by atoms with E-state index < -0.39 is 5.60 Å². The van der Waals surface area contributed by atoms with Crippen LogP contribution in [0.3, 0.4) is 0 Å². The van der Waals surface area contributed by atoms with Gasteiger partial charge in [-0.25, -0.2) is 0 Å². The molecule has 0 unspecified atom stereocenters. The van der Waals surface area contributed by atoms with Crippen LogP contribution in [0.25, 0.3) is 10.9 Å². The topological polar surface area (TPSA) is 28.4 Å². The Hall–Kier alpha value is -1.32. The molecule has 1 aromatic heterocycles. The van der Waals surface area contributed by atoms with Gasteiger partial charge in [0, 0.05) is 43.8 Å². The van der Waals surface area contributed by atoms with E-state index in [1.54, 1.807) is 0 Å². The van der Waals surface area contributed by atoms with Gasteiger partial charge in [0.05, 0.1) is 5.60 Å². The Morgan fingerprint density at radius 2 is 1.95 bits per heavy atom. The summed E-state index contributed by atoms with van der Waals surface area (Å²) in [7, 11) is 2.11. The Balaban J connectivity index is 1.83. The Labute approximate surface area is 120 Å². The maximum Gasteiger partial charge on any atom is 0.0644 e. The standard InChI is InChI=1S/C17H24N2O/c1-13-4-5-16-15(10-13)14(11-18(16)3)12-19-8-6-17(2,20)7-9-19/h4-5,10-11,20H,6-9,12H2,1-3H3. The number of aromatic nitrogens is 1. The molecule has 3 nitrogen and oxygen atoms in total. The Bertz CT molecular complexity index is 617. The summed E-state index contributed by atoms with van der Waals surface area (Å²) in [6.07, 6.45) is 3.99. The van der Waals surface area contributed by atoms with Gasteiger partial charge in [-0.15, -0.1) is 0 Å². The molecule has 1 saturated heterocycles. The van der Waals surface area contributed by atoms with E-state index in [2.05, 4.69) is 47.8 Å². The van der Waals surface area contributed by atoms with Crippen LogP contribution < -0.4 is 0 Å². The minimum absolute atomic E-state index is 0.466. The number of piperidine rings is 1. The van der Waals surface area contributed by atoms with Gasteiger partial charge in [0.1, 0.15) is 0 Å². The third-order valence-corrected chi connectivity index (χ3v) is 4.55. The van der Waals surface area contributed by atoms with Gasteiger partial charge >= 0.3 is 0 Å². The molecular weight excluding hydrogens is 248 g/mol. The summed E-state index contributed by atoms with van der Waals surface area (Å²) in [5, 5.41) is 11.4. The molecule has 0 bridgehead atoms. The maximum absolute atomic E-state index is 10.0. The molecule has 0 aliphatic carbocycles. The molecule has 0 amide bonds. The zero-order chi connectivity index (χ0) is 14.3. The van der Waals surface area contributed by atoms with Crippen LogP contribution in [0.1, 0.15) is 30.9 Å². The summed E-state index contributed by atoms with van der Waals surface area (Å²) in [5.41, 5.74) is 3.54. The molecular formula is C17H24N2O. The number of nitrogens with zero attached hydrogens (tertiary/aromatic N) is 2. The third-order valence-electron chi connectivity index (χ3n) is 4.55. The normalized spacial score (nSPS) is 19.6. The fourth-order valence-corrected chi connectivity index (χ4v) is 3.15. The van der Waals surface area contributed by atoms with Crippen molar-refractivity contribution < 1.29 is 5.11 Å². The Morgan fingerprint density at radius 3 is 2.65 bits per heavy atom. The van der Waals surface area contributed by atoms with Gasteiger partial charge in [-0.2, -0.15) is 0 Å². The quantitative estimate of drug-likeness (QED) is 0.910. The minimum atomic E-state index is -0.466. The van der Waals surface area contributed by atoms with Crippen molar-refractivity contribution in [2.45, 2.75) is 38.8 Å². The summed E-state index contributed by atoms with van der Waals surface area (Å²) in [6, 6.07) is 6.66. The average molecular weight is 272 g/mol. The van der Waals surface area contributed by atoms with Crippen LogP contribution in [0.5, 0.6) is 0 Å². The largest absolute Gasteiger partial charge is 0.390 e. The molecule has 0 radical (unpaired) electrons. The number of hydrogen-bond acceptors (Lipinski definition) is 2. The van der Waals surface area contributed by atoms with Crippen LogP contribution in [0, 0.1) is 6.92 Å². The molecule has 0 spiro atoms. The lowest BCUT2D eigenvalue weighted by molar-refractivity contribution is -0.00721. The summed E-state index contributed by atoms with van der Waals surface area (Å²) in [5.74, 6) is 0. The first kappa shape index (κ1) is 13.7. The van der Waals surface area contributed by atoms with Crippen LogP contribution >= 0.6 is 0 Å². The van der Waals surface area contributed by atoms with Crippen molar-refractivity contribution in [2.75, 3.05) is 13.1 Å². The SMILES string of the molecule is Cc1ccc2c(c1)c(CN1CCC(C)(O)CC1)cn2C. The minimum Gasteiger partial charge on any atom is -0.390 e. The highest BCUT2D eigenvalue weighted by atomic mass is 16.3. The van der Waals surface area contributed by atoms with E-state index >= 15 is 0 Å². The summed E-state index contributed by atoms with van der Waals surface area (Å²) in [6.45, 7) is 7.04. The molecule has 20 heavy (non-hydrogen) atoms. The molecule has 1 aliphatic rings. The number of likely N-dealkylation sites (tertiary alicyclic amines) is 1. The molecule has 3 rings (SSSR count). The van der Waals surface area contributed by atoms with Crippen molar-refractivity contribution in [1.82, 2.24) is 9.47 Å². The van der Waals surface area contributed by atoms with Gasteiger partial charge < -0.3 is 9.67 Å². The maximum atomic E-state index is 10.0. The molecule has 2 aromatic rings. The number of rotatable bonds is 2. The Morgan fingerprint density at radius 1 is 1.25 bits per heavy atom. The van der Waals surface area contributed by atoms with Crippen molar-refractivity contribution in [3.05, 3.63) is 35.5 Å². The highest BCUT2D eigenvalue weighted by Gasteiger charge is 2.27. The van der Waals surface area contributed by atoms with Crippen LogP contribution in [-0.4, -0.2) is 33.3 Å². The highest BCUT2D eigenvalue weighted by molar-refractivity contribution is 5.84. The molecule has 1 fully saturated rings. The number of fused-ring (bicyclic) bond motifs is 1. The molecule has 3 heteroatoms. The summed E-state index contributed by atoms with van der Waals surface area (Å²) >= 11 is 0. The monoisotopic (exact) mass is 272 g/mol. The van der Waals surface area contributed by atoms with Crippen LogP contribution in [0.4, 0.5) is 0 Å². The molecule has 1 aromatic carbocycles. The second-order valence-electron chi connectivity index (χ2n) is 6.56. The van der Waals surface area contributed by atoms with Crippen molar-refractivity contribution in [3.63, 3.8) is 0 Å². The van der Waals surface area contributed by atoms with Crippen molar-refractivity contribution in [3.8, 4) is 0 Å². The van der Waals surface area contributed by atoms with Crippen molar-refractivity contribution >= 4 is 10.9 Å². The molecule has 0 saturated carbocycles. The summed E-state index contributed by atoms with van der Waals surface area (Å²) < 4.78 is 2.21. The lowest BCUT2D eigenvalue weighted by Crippen LogP contribution is -2.41. The lowest BCUT2D eigenvalue weighted by atomic mass is 9.93. The van der Waals surface area contributed by atoms with E-state index in [0.29, 0.717) is 0 Å². The third kappa shape index (κ3) is 2.60. The van der Waals surface area contributed by atoms with Crippen molar-refractivity contribution in [2.24, 2.45) is 7.05 Å². The second-order valence-corrected chi connectivity index (χ2v) is 6.56. The van der Waals surface area contributed by atoms with Gasteiger partial charge in [-0.1, -0.05) is 11.6 Å². The van der Waals surface area contributed by atoms with Crippen LogP contribution in [0.2, 0.25) is 0 Å². The van der Waals surface area contributed by atoms with Gasteiger partial charge in [-0.3, -0.25) is 4.90 Å². The van der Waals surface area contributed by atoms with E-state index in [1.807, 2.05) is 6.92 Å². The van der Waals surface area contributed by atoms with Gasteiger partial charge in [0.2, 0.25) is 0 Å². The van der Waals surface area contributed by atoms with Gasteiger partial charge in [-0.05, 0) is 44.4 Å². The first-order chi connectivity index (χ1) is 9.44. The molecule has 0 atom stereocenters. The van der Waals surface area contributed by atoms with Gasteiger partial charge in [0.15, 0.2) is 0 Å². The number of benzene rings is 1. The zero-order valence-corrected chi connectivity index (χ0v) is 12.7. The average Bonchev–Trinajstić information content (AvgIpc) is 2.68. The van der Waals surface area contributed by atoms with E-state index in [-0.39, 0.29) is 0 Å². The molecule has 1 N–H and O–H groups in total. The first-order valence-corrected chi connectivity index (χ1v) is 7.44. The van der Waals surface area contributed by atoms with E-state index in [9.17, 15) is 5.11 Å². The van der Waals surface area contributed by atoms with Crippen molar-refractivity contribution in [1.29, 1.82) is 0 Å². The van der Waals surface area contributed by atoms with Crippen LogP contribution in [-0.2, 0) is 13.6 Å². The fourth-order valence-electron chi connectivity index (χ4n) is 3.15. The fraction of sp³-hybridized carbons (Fsp3) is 0.529. The zero-order valence-electron chi connectivity index (χ0n) is 12.7. The molecule has 108 valence electrons. The summed E-state index contributed by atoms with van der Waals surface area (Å²) in [4.78, 5) is 2.45. The molecule has 2 heterocycles.